The summed E-state index contributed by atoms with van der Waals surface area (Å²) in [5.74, 6) is 0.930. The fraction of sp³-hybridized carbons (Fsp3) is 0.267. The summed E-state index contributed by atoms with van der Waals surface area (Å²) in [5.41, 5.74) is 10.3. The predicted octanol–water partition coefficient (Wildman–Crippen LogP) is 4.93. The molecule has 8 heteroatoms. The summed E-state index contributed by atoms with van der Waals surface area (Å²) < 4.78 is 11.3. The summed E-state index contributed by atoms with van der Waals surface area (Å²) in [6, 6.07) is 20.4. The van der Waals surface area contributed by atoms with Crippen LogP contribution in [0.5, 0.6) is 11.5 Å². The quantitative estimate of drug-likeness (QED) is 0.227. The van der Waals surface area contributed by atoms with Gasteiger partial charge in [0.2, 0.25) is 5.91 Å². The van der Waals surface area contributed by atoms with Crippen molar-refractivity contribution in [3.05, 3.63) is 95.2 Å². The van der Waals surface area contributed by atoms with Gasteiger partial charge in [-0.2, -0.15) is 0 Å². The number of aryl methyl sites for hydroxylation is 1. The molecule has 0 saturated heterocycles. The molecule has 4 rings (SSSR count). The Kier molecular flexibility index (Phi) is 8.53. The molecule has 198 valence electrons. The largest absolute Gasteiger partial charge is 0.493 e. The number of carbonyl (C=O) groups is 2. The van der Waals surface area contributed by atoms with Gasteiger partial charge in [-0.15, -0.1) is 0 Å². The summed E-state index contributed by atoms with van der Waals surface area (Å²) in [4.78, 5) is 28.2. The van der Waals surface area contributed by atoms with Crippen LogP contribution < -0.4 is 25.8 Å². The molecule has 3 aromatic carbocycles. The zero-order valence-electron chi connectivity index (χ0n) is 21.9. The predicted molar refractivity (Wildman–Crippen MR) is 149 cm³/mol. The van der Waals surface area contributed by atoms with Gasteiger partial charge in [-0.25, -0.2) is 4.79 Å². The zero-order valence-corrected chi connectivity index (χ0v) is 21.9. The molecule has 2 atom stereocenters. The minimum Gasteiger partial charge on any atom is -0.493 e. The minimum atomic E-state index is -0.678. The first-order valence-corrected chi connectivity index (χ1v) is 12.7. The average Bonchev–Trinajstić information content (AvgIpc) is 3.33. The molecule has 8 nitrogen and oxygen atoms in total. The molecule has 0 aliphatic heterocycles. The number of H-pyrrole nitrogens is 1. The topological polar surface area (TPSA) is 118 Å². The Hall–Kier alpha value is -4.46. The normalized spacial score (nSPS) is 12.5. The fourth-order valence-corrected chi connectivity index (χ4v) is 4.75. The highest BCUT2D eigenvalue weighted by Gasteiger charge is 2.23. The van der Waals surface area contributed by atoms with Crippen LogP contribution in [0.4, 0.5) is 4.79 Å². The van der Waals surface area contributed by atoms with E-state index in [2.05, 4.69) is 21.7 Å². The Morgan fingerprint density at radius 2 is 1.82 bits per heavy atom. The maximum atomic E-state index is 13.2. The van der Waals surface area contributed by atoms with Crippen LogP contribution in [0, 0.1) is 6.92 Å². The summed E-state index contributed by atoms with van der Waals surface area (Å²) in [7, 11) is 1.61. The molecule has 0 radical (unpaired) electrons. The lowest BCUT2D eigenvalue weighted by molar-refractivity contribution is -0.121. The van der Waals surface area contributed by atoms with Crippen LogP contribution in [0.15, 0.2) is 72.9 Å². The molecule has 4 aromatic rings. The number of amides is 3. The Bertz CT molecular complexity index is 1410. The number of methoxy groups -OCH3 is 1. The lowest BCUT2D eigenvalue weighted by atomic mass is 9.90. The molecule has 0 aliphatic carbocycles. The third-order valence-electron chi connectivity index (χ3n) is 6.54. The van der Waals surface area contributed by atoms with Crippen molar-refractivity contribution in [1.82, 2.24) is 15.6 Å². The van der Waals surface area contributed by atoms with Crippen molar-refractivity contribution >= 4 is 22.8 Å². The van der Waals surface area contributed by atoms with E-state index in [1.165, 1.54) is 0 Å². The molecule has 0 fully saturated rings. The number of urea groups is 1. The molecule has 0 spiro atoms. The van der Waals surface area contributed by atoms with E-state index in [1.807, 2.05) is 80.7 Å². The molecule has 1 heterocycles. The standard InChI is InChI=1S/C30H34N4O4/c1-4-38-27-13-12-20(15-28(27)37-3)23(24-18-32-25-11-6-5-10-22(24)25)17-33-29(35)16-26(34-30(31)36)21-9-7-8-19(2)14-21/h5-15,18,23,26,32H,4,16-17H2,1-3H3,(H,33,35)(H3,31,34,36)/t23-,26-/m0/s1. The molecule has 0 aliphatic rings. The lowest BCUT2D eigenvalue weighted by Crippen LogP contribution is -2.37. The average molecular weight is 515 g/mol. The fourth-order valence-electron chi connectivity index (χ4n) is 4.75. The van der Waals surface area contributed by atoms with Gasteiger partial charge in [-0.1, -0.05) is 54.1 Å². The van der Waals surface area contributed by atoms with Crippen molar-refractivity contribution in [2.24, 2.45) is 5.73 Å². The van der Waals surface area contributed by atoms with Gasteiger partial charge in [-0.05, 0) is 48.7 Å². The SMILES string of the molecule is CCOc1ccc([C@H](CNC(=O)C[C@H](NC(N)=O)c2cccc(C)c2)c2c[nH]c3ccccc23)cc1OC. The zero-order chi connectivity index (χ0) is 27.1. The second-order valence-corrected chi connectivity index (χ2v) is 9.17. The first-order valence-electron chi connectivity index (χ1n) is 12.7. The van der Waals surface area contributed by atoms with E-state index in [0.717, 1.165) is 33.2 Å². The van der Waals surface area contributed by atoms with E-state index in [1.54, 1.807) is 7.11 Å². The van der Waals surface area contributed by atoms with Crippen LogP contribution in [0.3, 0.4) is 0 Å². The Morgan fingerprint density at radius 3 is 2.55 bits per heavy atom. The number of fused-ring (bicyclic) bond motifs is 1. The van der Waals surface area contributed by atoms with Crippen LogP contribution in [-0.4, -0.2) is 37.2 Å². The first kappa shape index (κ1) is 26.6. The van der Waals surface area contributed by atoms with Crippen molar-refractivity contribution in [3.63, 3.8) is 0 Å². The van der Waals surface area contributed by atoms with Gasteiger partial charge in [0.15, 0.2) is 11.5 Å². The summed E-state index contributed by atoms with van der Waals surface area (Å²) in [6.07, 6.45) is 2.04. The highest BCUT2D eigenvalue weighted by molar-refractivity contribution is 5.84. The Balaban J connectivity index is 1.60. The van der Waals surface area contributed by atoms with Crippen LogP contribution in [-0.2, 0) is 4.79 Å². The van der Waals surface area contributed by atoms with Crippen molar-refractivity contribution < 1.29 is 19.1 Å². The number of nitrogens with two attached hydrogens (primary N) is 1. The smallest absolute Gasteiger partial charge is 0.312 e. The maximum absolute atomic E-state index is 13.2. The highest BCUT2D eigenvalue weighted by atomic mass is 16.5. The summed E-state index contributed by atoms with van der Waals surface area (Å²) in [5, 5.41) is 6.86. The Labute approximate surface area is 222 Å². The molecule has 1 aromatic heterocycles. The van der Waals surface area contributed by atoms with Crippen LogP contribution in [0.2, 0.25) is 0 Å². The van der Waals surface area contributed by atoms with E-state index in [0.29, 0.717) is 24.7 Å². The third kappa shape index (κ3) is 6.26. The second-order valence-electron chi connectivity index (χ2n) is 9.17. The van der Waals surface area contributed by atoms with Crippen LogP contribution in [0.1, 0.15) is 47.6 Å². The van der Waals surface area contributed by atoms with E-state index in [4.69, 9.17) is 15.2 Å². The van der Waals surface area contributed by atoms with Crippen molar-refractivity contribution in [2.75, 3.05) is 20.3 Å². The van der Waals surface area contributed by atoms with Gasteiger partial charge in [0.1, 0.15) is 0 Å². The number of benzene rings is 3. The number of hydrogen-bond donors (Lipinski definition) is 4. The second kappa shape index (κ2) is 12.2. The first-order chi connectivity index (χ1) is 18.4. The summed E-state index contributed by atoms with van der Waals surface area (Å²) in [6.45, 7) is 4.75. The van der Waals surface area contributed by atoms with Gasteiger partial charge < -0.3 is 30.8 Å². The van der Waals surface area contributed by atoms with Gasteiger partial charge in [-0.3, -0.25) is 4.79 Å². The molecule has 0 bridgehead atoms. The van der Waals surface area contributed by atoms with Gasteiger partial charge in [0, 0.05) is 29.6 Å². The number of rotatable bonds is 11. The number of ether oxygens (including phenoxy) is 2. The molecular weight excluding hydrogens is 480 g/mol. The van der Waals surface area contributed by atoms with E-state index < -0.39 is 12.1 Å². The number of para-hydroxylation sites is 1. The van der Waals surface area contributed by atoms with Crippen molar-refractivity contribution in [2.45, 2.75) is 32.2 Å². The number of aromatic nitrogens is 1. The lowest BCUT2D eigenvalue weighted by Gasteiger charge is -2.22. The van der Waals surface area contributed by atoms with E-state index >= 15 is 0 Å². The third-order valence-corrected chi connectivity index (χ3v) is 6.54. The summed E-state index contributed by atoms with van der Waals surface area (Å²) >= 11 is 0. The van der Waals surface area contributed by atoms with Crippen molar-refractivity contribution in [3.8, 4) is 11.5 Å². The number of carbonyl (C=O) groups excluding carboxylic acids is 2. The Morgan fingerprint density at radius 1 is 1.00 bits per heavy atom. The van der Waals surface area contributed by atoms with Gasteiger partial charge >= 0.3 is 6.03 Å². The van der Waals surface area contributed by atoms with E-state index in [9.17, 15) is 9.59 Å². The van der Waals surface area contributed by atoms with Gasteiger partial charge in [0.25, 0.3) is 0 Å². The molecule has 0 saturated carbocycles. The van der Waals surface area contributed by atoms with Crippen molar-refractivity contribution in [1.29, 1.82) is 0 Å². The maximum Gasteiger partial charge on any atom is 0.312 e. The van der Waals surface area contributed by atoms with Crippen LogP contribution >= 0.6 is 0 Å². The molecule has 5 N–H and O–H groups in total. The molecule has 38 heavy (non-hydrogen) atoms. The minimum absolute atomic E-state index is 0.0552. The number of aromatic amines is 1. The molecule has 0 unspecified atom stereocenters. The number of nitrogens with one attached hydrogen (secondary N) is 3. The highest BCUT2D eigenvalue weighted by Crippen LogP contribution is 2.36. The molecule has 3 amide bonds. The number of hydrogen-bond acceptors (Lipinski definition) is 4. The van der Waals surface area contributed by atoms with E-state index in [-0.39, 0.29) is 18.2 Å². The number of primary amides is 1. The van der Waals surface area contributed by atoms with Gasteiger partial charge in [0.05, 0.1) is 26.2 Å². The van der Waals surface area contributed by atoms with Crippen LogP contribution in [0.25, 0.3) is 10.9 Å². The monoisotopic (exact) mass is 514 g/mol. The molecular formula is C30H34N4O4.